The molecule has 2 aliphatic rings. The number of amides is 1. The van der Waals surface area contributed by atoms with Crippen LogP contribution in [-0.2, 0) is 14.3 Å². The Labute approximate surface area is 132 Å². The van der Waals surface area contributed by atoms with Gasteiger partial charge in [0.25, 0.3) is 0 Å². The van der Waals surface area contributed by atoms with Gasteiger partial charge in [-0.15, -0.1) is 0 Å². The Balaban J connectivity index is 2.37. The quantitative estimate of drug-likeness (QED) is 0.613. The maximum Gasteiger partial charge on any atom is 0.334 e. The van der Waals surface area contributed by atoms with Gasteiger partial charge in [0.2, 0.25) is 5.91 Å². The molecule has 3 unspecified atom stereocenters. The number of carbonyl (C=O) groups excluding carboxylic acids is 2. The van der Waals surface area contributed by atoms with Crippen molar-refractivity contribution in [3.8, 4) is 0 Å². The van der Waals surface area contributed by atoms with Crippen LogP contribution in [0.3, 0.4) is 0 Å². The molecule has 1 aliphatic heterocycles. The third-order valence-corrected chi connectivity index (χ3v) is 5.37. The second-order valence-corrected chi connectivity index (χ2v) is 6.47. The third kappa shape index (κ3) is 2.67. The van der Waals surface area contributed by atoms with Crippen molar-refractivity contribution in [2.24, 2.45) is 17.8 Å². The van der Waals surface area contributed by atoms with Gasteiger partial charge < -0.3 is 15.2 Å². The first kappa shape index (κ1) is 17.0. The van der Waals surface area contributed by atoms with Crippen molar-refractivity contribution in [3.05, 3.63) is 12.2 Å². The number of esters is 1. The molecule has 124 valence electrons. The van der Waals surface area contributed by atoms with Gasteiger partial charge in [0.1, 0.15) is 0 Å². The van der Waals surface area contributed by atoms with Gasteiger partial charge in [0, 0.05) is 17.8 Å². The molecule has 0 aromatic carbocycles. The van der Waals surface area contributed by atoms with Crippen LogP contribution in [0.4, 0.5) is 0 Å². The van der Waals surface area contributed by atoms with Gasteiger partial charge in [-0.3, -0.25) is 4.79 Å². The molecule has 1 heterocycles. The van der Waals surface area contributed by atoms with E-state index in [1.807, 2.05) is 19.9 Å². The highest BCUT2D eigenvalue weighted by molar-refractivity contribution is 5.94. The number of hydrogen-bond acceptors (Lipinski definition) is 4. The Kier molecular flexibility index (Phi) is 5.27. The van der Waals surface area contributed by atoms with Crippen LogP contribution < -0.4 is 5.32 Å². The van der Waals surface area contributed by atoms with Crippen molar-refractivity contribution in [2.75, 3.05) is 7.11 Å². The van der Waals surface area contributed by atoms with Crippen molar-refractivity contribution >= 4 is 11.9 Å². The van der Waals surface area contributed by atoms with Crippen LogP contribution in [0, 0.1) is 17.8 Å². The van der Waals surface area contributed by atoms with E-state index in [1.165, 1.54) is 7.11 Å². The van der Waals surface area contributed by atoms with E-state index in [9.17, 15) is 14.7 Å². The summed E-state index contributed by atoms with van der Waals surface area (Å²) in [6, 6.07) is 0. The van der Waals surface area contributed by atoms with E-state index >= 15 is 0 Å². The van der Waals surface area contributed by atoms with Crippen molar-refractivity contribution in [2.45, 2.75) is 57.6 Å². The minimum Gasteiger partial charge on any atom is -0.467 e. The summed E-state index contributed by atoms with van der Waals surface area (Å²) in [5.74, 6) is -1.43. The van der Waals surface area contributed by atoms with Gasteiger partial charge >= 0.3 is 5.97 Å². The predicted molar refractivity (Wildman–Crippen MR) is 82.9 cm³/mol. The molecule has 1 fully saturated rings. The van der Waals surface area contributed by atoms with E-state index < -0.39 is 17.6 Å². The molecule has 22 heavy (non-hydrogen) atoms. The molecule has 5 atom stereocenters. The summed E-state index contributed by atoms with van der Waals surface area (Å²) in [7, 11) is 1.30. The number of rotatable bonds is 4. The SMILES string of the molecule is CC[C@@H]1C(=O)N[C@@](C(=O)OC)(C(O)C2C=CCCCC2)C1C. The first-order valence-corrected chi connectivity index (χ1v) is 8.24. The van der Waals surface area contributed by atoms with E-state index in [1.54, 1.807) is 0 Å². The summed E-state index contributed by atoms with van der Waals surface area (Å²) in [6.07, 6.45) is 7.62. The monoisotopic (exact) mass is 309 g/mol. The summed E-state index contributed by atoms with van der Waals surface area (Å²) < 4.78 is 4.95. The van der Waals surface area contributed by atoms with Crippen molar-refractivity contribution in [1.82, 2.24) is 5.32 Å². The Hall–Kier alpha value is -1.36. The van der Waals surface area contributed by atoms with Crippen LogP contribution in [0.5, 0.6) is 0 Å². The zero-order valence-electron chi connectivity index (χ0n) is 13.7. The van der Waals surface area contributed by atoms with E-state index in [2.05, 4.69) is 11.4 Å². The first-order chi connectivity index (χ1) is 10.5. The second-order valence-electron chi connectivity index (χ2n) is 6.47. The Bertz CT molecular complexity index is 462. The van der Waals surface area contributed by atoms with E-state index in [0.717, 1.165) is 25.7 Å². The molecule has 0 saturated carbocycles. The van der Waals surface area contributed by atoms with Crippen LogP contribution in [-0.4, -0.2) is 35.7 Å². The Morgan fingerprint density at radius 3 is 2.86 bits per heavy atom. The van der Waals surface area contributed by atoms with Gasteiger partial charge in [0.05, 0.1) is 13.2 Å². The highest BCUT2D eigenvalue weighted by Gasteiger charge is 2.61. The lowest BCUT2D eigenvalue weighted by molar-refractivity contribution is -0.158. The molecule has 0 spiro atoms. The fourth-order valence-corrected chi connectivity index (χ4v) is 3.97. The minimum atomic E-state index is -1.34. The Morgan fingerprint density at radius 1 is 1.55 bits per heavy atom. The Morgan fingerprint density at radius 2 is 2.27 bits per heavy atom. The first-order valence-electron chi connectivity index (χ1n) is 8.24. The number of ether oxygens (including phenoxy) is 1. The van der Waals surface area contributed by atoms with E-state index in [0.29, 0.717) is 6.42 Å². The minimum absolute atomic E-state index is 0.139. The fourth-order valence-electron chi connectivity index (χ4n) is 3.97. The molecule has 0 radical (unpaired) electrons. The molecule has 0 aromatic rings. The van der Waals surface area contributed by atoms with Crippen LogP contribution in [0.15, 0.2) is 12.2 Å². The fraction of sp³-hybridized carbons (Fsp3) is 0.765. The number of aliphatic hydroxyl groups is 1. The zero-order chi connectivity index (χ0) is 16.3. The predicted octanol–water partition coefficient (Wildman–Crippen LogP) is 1.80. The van der Waals surface area contributed by atoms with Crippen LogP contribution in [0.1, 0.15) is 46.0 Å². The normalized spacial score (nSPS) is 36.5. The summed E-state index contributed by atoms with van der Waals surface area (Å²) in [5, 5.41) is 13.8. The average molecular weight is 309 g/mol. The van der Waals surface area contributed by atoms with E-state index in [4.69, 9.17) is 4.74 Å². The van der Waals surface area contributed by atoms with Crippen molar-refractivity contribution in [1.29, 1.82) is 0 Å². The van der Waals surface area contributed by atoms with Gasteiger partial charge in [-0.05, 0) is 25.7 Å². The molecule has 5 nitrogen and oxygen atoms in total. The molecule has 2 N–H and O–H groups in total. The third-order valence-electron chi connectivity index (χ3n) is 5.37. The van der Waals surface area contributed by atoms with E-state index in [-0.39, 0.29) is 23.7 Å². The molecule has 1 saturated heterocycles. The average Bonchev–Trinajstić information content (AvgIpc) is 2.70. The molecule has 1 amide bonds. The summed E-state index contributed by atoms with van der Waals surface area (Å²) in [4.78, 5) is 24.8. The summed E-state index contributed by atoms with van der Waals surface area (Å²) in [5.41, 5.74) is -1.34. The maximum absolute atomic E-state index is 12.5. The van der Waals surface area contributed by atoms with Gasteiger partial charge in [0.15, 0.2) is 5.54 Å². The van der Waals surface area contributed by atoms with Gasteiger partial charge in [-0.1, -0.05) is 32.4 Å². The molecular formula is C17H27NO4. The van der Waals surface area contributed by atoms with Gasteiger partial charge in [-0.2, -0.15) is 0 Å². The summed E-state index contributed by atoms with van der Waals surface area (Å²) in [6.45, 7) is 3.78. The zero-order valence-corrected chi connectivity index (χ0v) is 13.7. The van der Waals surface area contributed by atoms with Crippen LogP contribution in [0.2, 0.25) is 0 Å². The van der Waals surface area contributed by atoms with Gasteiger partial charge in [-0.25, -0.2) is 4.79 Å². The number of hydrogen-bond donors (Lipinski definition) is 2. The number of aliphatic hydroxyl groups excluding tert-OH is 1. The standard InChI is InChI=1S/C17H27NO4/c1-4-13-11(2)17(16(21)22-3,18-15(13)20)14(19)12-9-7-5-6-8-10-12/h7,9,11-14,19H,4-6,8,10H2,1-3H3,(H,18,20)/t11?,12?,13-,14?,17+/m0/s1. The molecule has 5 heteroatoms. The lowest BCUT2D eigenvalue weighted by atomic mass is 9.72. The van der Waals surface area contributed by atoms with Crippen molar-refractivity contribution in [3.63, 3.8) is 0 Å². The number of carbonyl (C=O) groups is 2. The number of nitrogens with one attached hydrogen (secondary N) is 1. The topological polar surface area (TPSA) is 75.6 Å². The lowest BCUT2D eigenvalue weighted by Crippen LogP contribution is -2.63. The van der Waals surface area contributed by atoms with Crippen LogP contribution >= 0.6 is 0 Å². The molecular weight excluding hydrogens is 282 g/mol. The van der Waals surface area contributed by atoms with Crippen LogP contribution in [0.25, 0.3) is 0 Å². The number of methoxy groups -OCH3 is 1. The highest BCUT2D eigenvalue weighted by Crippen LogP contribution is 2.41. The molecule has 2 rings (SSSR count). The second kappa shape index (κ2) is 6.82. The molecule has 0 bridgehead atoms. The van der Waals surface area contributed by atoms with Crippen molar-refractivity contribution < 1.29 is 19.4 Å². The smallest absolute Gasteiger partial charge is 0.334 e. The largest absolute Gasteiger partial charge is 0.467 e. The summed E-state index contributed by atoms with van der Waals surface area (Å²) >= 11 is 0. The highest BCUT2D eigenvalue weighted by atomic mass is 16.5. The lowest BCUT2D eigenvalue weighted by Gasteiger charge is -2.38. The maximum atomic E-state index is 12.5. The molecule has 1 aliphatic carbocycles. The molecule has 0 aromatic heterocycles. The number of allylic oxidation sites excluding steroid dienone is 1.